The molecule has 0 spiro atoms. The SMILES string of the molecule is COC(=O)C1CCC(OC(OCC(=O)Cc2ccc3nc(Nc4ccccc4Cl)oc3c2F)N2CCCC2)CC1. The first-order valence-electron chi connectivity index (χ1n) is 13.6. The number of Topliss-reactive ketones (excluding diaryl/α,β-unsaturated/α-hetero) is 1. The maximum absolute atomic E-state index is 15.3. The lowest BCUT2D eigenvalue weighted by atomic mass is 9.87. The number of hydrogen-bond acceptors (Lipinski definition) is 9. The van der Waals surface area contributed by atoms with Crippen molar-refractivity contribution in [2.75, 3.05) is 32.1 Å². The Morgan fingerprint density at radius 3 is 2.62 bits per heavy atom. The fraction of sp³-hybridized carbons (Fsp3) is 0.483. The first-order chi connectivity index (χ1) is 19.4. The number of benzene rings is 2. The number of esters is 1. The number of fused-ring (bicyclic) bond motifs is 1. The Labute approximate surface area is 236 Å². The number of anilines is 2. The first kappa shape index (κ1) is 28.5. The highest BCUT2D eigenvalue weighted by Crippen LogP contribution is 2.31. The van der Waals surface area contributed by atoms with Crippen molar-refractivity contribution >= 4 is 46.2 Å². The molecular weight excluding hydrogens is 541 g/mol. The van der Waals surface area contributed by atoms with E-state index >= 15 is 4.39 Å². The summed E-state index contributed by atoms with van der Waals surface area (Å²) in [6, 6.07) is 10.3. The van der Waals surface area contributed by atoms with E-state index in [0.717, 1.165) is 38.8 Å². The first-order valence-corrected chi connectivity index (χ1v) is 14.0. The van der Waals surface area contributed by atoms with Gasteiger partial charge in [0.1, 0.15) is 12.1 Å². The number of hydrogen-bond donors (Lipinski definition) is 1. The minimum Gasteiger partial charge on any atom is -0.469 e. The van der Waals surface area contributed by atoms with E-state index in [1.807, 2.05) is 0 Å². The van der Waals surface area contributed by atoms with Gasteiger partial charge in [0.2, 0.25) is 6.41 Å². The summed E-state index contributed by atoms with van der Waals surface area (Å²) in [5.41, 5.74) is 1.06. The van der Waals surface area contributed by atoms with Crippen LogP contribution in [0, 0.1) is 11.7 Å². The van der Waals surface area contributed by atoms with E-state index in [4.69, 9.17) is 30.2 Å². The highest BCUT2D eigenvalue weighted by Gasteiger charge is 2.32. The molecule has 1 unspecified atom stereocenters. The predicted molar refractivity (Wildman–Crippen MR) is 147 cm³/mol. The molecule has 1 saturated heterocycles. The average Bonchev–Trinajstić information content (AvgIpc) is 3.65. The van der Waals surface area contributed by atoms with E-state index in [1.165, 1.54) is 13.2 Å². The summed E-state index contributed by atoms with van der Waals surface area (Å²) in [7, 11) is 1.41. The van der Waals surface area contributed by atoms with Crippen molar-refractivity contribution in [1.82, 2.24) is 9.88 Å². The predicted octanol–water partition coefficient (Wildman–Crippen LogP) is 5.62. The smallest absolute Gasteiger partial charge is 0.308 e. The summed E-state index contributed by atoms with van der Waals surface area (Å²) >= 11 is 6.17. The van der Waals surface area contributed by atoms with E-state index in [9.17, 15) is 9.59 Å². The van der Waals surface area contributed by atoms with E-state index in [0.29, 0.717) is 29.1 Å². The van der Waals surface area contributed by atoms with E-state index in [-0.39, 0.29) is 54.0 Å². The third-order valence-electron chi connectivity index (χ3n) is 7.42. The molecule has 5 rings (SSSR count). The van der Waals surface area contributed by atoms with Gasteiger partial charge in [0.15, 0.2) is 17.2 Å². The van der Waals surface area contributed by atoms with Crippen LogP contribution in [0.15, 0.2) is 40.8 Å². The molecule has 40 heavy (non-hydrogen) atoms. The van der Waals surface area contributed by atoms with E-state index in [2.05, 4.69) is 15.2 Å². The number of carbonyl (C=O) groups is 2. The van der Waals surface area contributed by atoms with Crippen LogP contribution in [0.2, 0.25) is 5.02 Å². The molecular formula is C29H33ClFN3O6. The highest BCUT2D eigenvalue weighted by molar-refractivity contribution is 6.33. The summed E-state index contributed by atoms with van der Waals surface area (Å²) < 4.78 is 38.0. The zero-order chi connectivity index (χ0) is 28.1. The van der Waals surface area contributed by atoms with Crippen LogP contribution in [0.5, 0.6) is 0 Å². The molecule has 0 radical (unpaired) electrons. The zero-order valence-electron chi connectivity index (χ0n) is 22.4. The molecule has 1 aromatic heterocycles. The Balaban J connectivity index is 1.19. The van der Waals surface area contributed by atoms with Crippen LogP contribution < -0.4 is 5.32 Å². The lowest BCUT2D eigenvalue weighted by Gasteiger charge is -2.34. The average molecular weight is 574 g/mol. The number of ether oxygens (including phenoxy) is 3. The maximum atomic E-state index is 15.3. The van der Waals surface area contributed by atoms with Gasteiger partial charge in [-0.15, -0.1) is 0 Å². The number of methoxy groups -OCH3 is 1. The summed E-state index contributed by atoms with van der Waals surface area (Å²) in [6.45, 7) is 1.42. The molecule has 1 saturated carbocycles. The van der Waals surface area contributed by atoms with Crippen molar-refractivity contribution in [1.29, 1.82) is 0 Å². The number of rotatable bonds is 11. The van der Waals surface area contributed by atoms with Gasteiger partial charge in [0.05, 0.1) is 29.8 Å². The lowest BCUT2D eigenvalue weighted by molar-refractivity contribution is -0.243. The van der Waals surface area contributed by atoms with Gasteiger partial charge in [-0.25, -0.2) is 4.39 Å². The van der Waals surface area contributed by atoms with Crippen molar-refractivity contribution in [2.45, 2.75) is 57.5 Å². The number of nitrogens with one attached hydrogen (secondary N) is 1. The number of nitrogens with zero attached hydrogens (tertiary/aromatic N) is 2. The van der Waals surface area contributed by atoms with Gasteiger partial charge in [-0.2, -0.15) is 4.98 Å². The Morgan fingerprint density at radius 1 is 1.15 bits per heavy atom. The largest absolute Gasteiger partial charge is 0.469 e. The standard InChI is InChI=1S/C29H33ClFN3O6/c1-37-27(36)18-8-11-21(12-9-18)39-29(34-14-4-5-15-34)38-17-20(35)16-19-10-13-24-26(25(19)31)40-28(33-24)32-23-7-3-2-6-22(23)30/h2-3,6-7,10,13,18,21,29H,4-5,8-9,11-12,14-17H2,1H3,(H,32,33). The summed E-state index contributed by atoms with van der Waals surface area (Å²) in [4.78, 5) is 31.0. The molecule has 2 heterocycles. The molecule has 2 aromatic carbocycles. The third kappa shape index (κ3) is 6.80. The zero-order valence-corrected chi connectivity index (χ0v) is 23.1. The van der Waals surface area contributed by atoms with Gasteiger partial charge >= 0.3 is 5.97 Å². The minimum absolute atomic E-state index is 0.0402. The maximum Gasteiger partial charge on any atom is 0.308 e. The fourth-order valence-corrected chi connectivity index (χ4v) is 5.43. The third-order valence-corrected chi connectivity index (χ3v) is 7.75. The Morgan fingerprint density at radius 2 is 1.90 bits per heavy atom. The number of ketones is 1. The van der Waals surface area contributed by atoms with Gasteiger partial charge in [-0.05, 0) is 62.3 Å². The Hall–Kier alpha value is -3.05. The van der Waals surface area contributed by atoms with Crippen LogP contribution in [0.4, 0.5) is 16.1 Å². The van der Waals surface area contributed by atoms with E-state index < -0.39 is 12.2 Å². The Bertz CT molecular complexity index is 1340. The molecule has 2 aliphatic rings. The molecule has 214 valence electrons. The second kappa shape index (κ2) is 13.1. The highest BCUT2D eigenvalue weighted by atomic mass is 35.5. The number of halogens is 2. The molecule has 11 heteroatoms. The van der Waals surface area contributed by atoms with Crippen LogP contribution >= 0.6 is 11.6 Å². The van der Waals surface area contributed by atoms with Gasteiger partial charge in [0.25, 0.3) is 6.01 Å². The molecule has 1 N–H and O–H groups in total. The van der Waals surface area contributed by atoms with Gasteiger partial charge in [0, 0.05) is 19.5 Å². The van der Waals surface area contributed by atoms with Crippen molar-refractivity contribution < 1.29 is 32.6 Å². The van der Waals surface area contributed by atoms with Gasteiger partial charge in [-0.3, -0.25) is 14.5 Å². The topological polar surface area (TPSA) is 103 Å². The fourth-order valence-electron chi connectivity index (χ4n) is 5.25. The number of oxazole rings is 1. The number of para-hydroxylation sites is 1. The van der Waals surface area contributed by atoms with Gasteiger partial charge < -0.3 is 23.9 Å². The molecule has 1 atom stereocenters. The summed E-state index contributed by atoms with van der Waals surface area (Å²) in [5.74, 6) is -1.20. The summed E-state index contributed by atoms with van der Waals surface area (Å²) in [6.07, 6.45) is 4.00. The van der Waals surface area contributed by atoms with E-state index in [1.54, 1.807) is 30.3 Å². The summed E-state index contributed by atoms with van der Waals surface area (Å²) in [5, 5.41) is 3.42. The minimum atomic E-state index is -0.661. The number of aromatic nitrogens is 1. The van der Waals surface area contributed by atoms with Crippen molar-refractivity contribution in [3.05, 3.63) is 52.8 Å². The normalized spacial score (nSPS) is 20.5. The Kier molecular flexibility index (Phi) is 9.31. The molecule has 9 nitrogen and oxygen atoms in total. The molecule has 0 amide bonds. The van der Waals surface area contributed by atoms with Crippen molar-refractivity contribution in [2.24, 2.45) is 5.92 Å². The van der Waals surface area contributed by atoms with Crippen LogP contribution in [0.1, 0.15) is 44.1 Å². The molecule has 1 aliphatic heterocycles. The number of likely N-dealkylation sites (tertiary alicyclic amines) is 1. The molecule has 0 bridgehead atoms. The molecule has 3 aromatic rings. The van der Waals surface area contributed by atoms with Crippen LogP contribution in [-0.4, -0.2) is 61.0 Å². The monoisotopic (exact) mass is 573 g/mol. The lowest BCUT2D eigenvalue weighted by Crippen LogP contribution is -2.42. The second-order valence-electron chi connectivity index (χ2n) is 10.2. The molecule has 1 aliphatic carbocycles. The van der Waals surface area contributed by atoms with Crippen molar-refractivity contribution in [3.8, 4) is 0 Å². The van der Waals surface area contributed by atoms with Crippen LogP contribution in [0.25, 0.3) is 11.1 Å². The van der Waals surface area contributed by atoms with Crippen molar-refractivity contribution in [3.63, 3.8) is 0 Å². The van der Waals surface area contributed by atoms with Crippen LogP contribution in [-0.2, 0) is 30.2 Å². The quantitative estimate of drug-likeness (QED) is 0.231. The number of carbonyl (C=O) groups excluding carboxylic acids is 2. The second-order valence-corrected chi connectivity index (χ2v) is 10.6. The van der Waals surface area contributed by atoms with Gasteiger partial charge in [-0.1, -0.05) is 29.8 Å². The molecule has 2 fully saturated rings. The van der Waals surface area contributed by atoms with Crippen LogP contribution in [0.3, 0.4) is 0 Å².